The topological polar surface area (TPSA) is 52.0 Å². The normalized spacial score (nSPS) is 16.1. The van der Waals surface area contributed by atoms with Crippen LogP contribution >= 0.6 is 0 Å². The van der Waals surface area contributed by atoms with Gasteiger partial charge in [-0.15, -0.1) is 0 Å². The molecule has 1 heterocycles. The Morgan fingerprint density at radius 1 is 1.17 bits per heavy atom. The summed E-state index contributed by atoms with van der Waals surface area (Å²) in [6.07, 6.45) is -4.46. The van der Waals surface area contributed by atoms with E-state index in [1.807, 2.05) is 31.2 Å². The second-order valence-electron chi connectivity index (χ2n) is 7.41. The third-order valence-electron chi connectivity index (χ3n) is 5.04. The lowest BCUT2D eigenvalue weighted by Gasteiger charge is -2.28. The Bertz CT molecular complexity index is 834. The van der Waals surface area contributed by atoms with Crippen molar-refractivity contribution in [2.45, 2.75) is 19.1 Å². The molecule has 1 amide bonds. The molecule has 1 aliphatic rings. The van der Waals surface area contributed by atoms with Gasteiger partial charge in [-0.2, -0.15) is 13.2 Å². The molecule has 1 fully saturated rings. The van der Waals surface area contributed by atoms with Crippen LogP contribution < -0.4 is 15.0 Å². The van der Waals surface area contributed by atoms with Gasteiger partial charge in [0.2, 0.25) is 0 Å². The smallest absolute Gasteiger partial charge is 0.416 e. The second-order valence-corrected chi connectivity index (χ2v) is 7.41. The fourth-order valence-electron chi connectivity index (χ4n) is 3.35. The highest BCUT2D eigenvalue weighted by Gasteiger charge is 2.30. The molecule has 2 aromatic rings. The maximum atomic E-state index is 12.8. The highest BCUT2D eigenvalue weighted by molar-refractivity contribution is 5.78. The van der Waals surface area contributed by atoms with Gasteiger partial charge in [0.15, 0.2) is 6.61 Å². The Kier molecular flexibility index (Phi) is 7.33. The number of carbonyl (C=O) groups excluding carboxylic acids is 1. The summed E-state index contributed by atoms with van der Waals surface area (Å²) >= 11 is 0. The quantitative estimate of drug-likeness (QED) is 0.718. The molecule has 1 saturated heterocycles. The molecule has 3 rings (SSSR count). The van der Waals surface area contributed by atoms with Crippen molar-refractivity contribution in [2.75, 3.05) is 39.5 Å². The van der Waals surface area contributed by atoms with Crippen LogP contribution in [0, 0.1) is 6.92 Å². The summed E-state index contributed by atoms with van der Waals surface area (Å²) in [7, 11) is 0. The molecule has 1 atom stereocenters. The number of carbonyl (C=O) groups is 1. The van der Waals surface area contributed by atoms with E-state index in [1.165, 1.54) is 17.0 Å². The van der Waals surface area contributed by atoms with Gasteiger partial charge >= 0.3 is 6.18 Å². The summed E-state index contributed by atoms with van der Waals surface area (Å²) in [5, 5.41) is 2.97. The molecule has 1 aliphatic heterocycles. The Morgan fingerprint density at radius 3 is 2.53 bits per heavy atom. The number of amides is 1. The fourth-order valence-corrected chi connectivity index (χ4v) is 3.35. The van der Waals surface area contributed by atoms with E-state index in [0.29, 0.717) is 19.8 Å². The van der Waals surface area contributed by atoms with Gasteiger partial charge in [-0.1, -0.05) is 35.9 Å². The molecule has 2 aromatic carbocycles. The summed E-state index contributed by atoms with van der Waals surface area (Å²) < 4.78 is 49.2. The van der Waals surface area contributed by atoms with Gasteiger partial charge in [-0.25, -0.2) is 0 Å². The molecule has 0 unspecified atom stereocenters. The summed E-state index contributed by atoms with van der Waals surface area (Å²) in [4.78, 5) is 13.8. The number of ether oxygens (including phenoxy) is 2. The minimum Gasteiger partial charge on any atom is -0.484 e. The summed E-state index contributed by atoms with van der Waals surface area (Å²) in [6, 6.07) is 12.2. The van der Waals surface area contributed by atoms with Crippen molar-refractivity contribution in [1.82, 2.24) is 5.32 Å². The van der Waals surface area contributed by atoms with Crippen molar-refractivity contribution in [3.05, 3.63) is 65.2 Å². The Morgan fingerprint density at radius 2 is 1.87 bits per heavy atom. The van der Waals surface area contributed by atoms with E-state index in [2.05, 4.69) is 5.32 Å². The zero-order valence-electron chi connectivity index (χ0n) is 16.8. The molecule has 30 heavy (non-hydrogen) atoms. The molecule has 0 bridgehead atoms. The number of benzene rings is 2. The highest BCUT2D eigenvalue weighted by atomic mass is 19.4. The van der Waals surface area contributed by atoms with Gasteiger partial charge < -0.3 is 19.7 Å². The van der Waals surface area contributed by atoms with E-state index in [4.69, 9.17) is 9.47 Å². The summed E-state index contributed by atoms with van der Waals surface area (Å²) in [5.74, 6) is -0.378. The fraction of sp³-hybridized carbons (Fsp3) is 0.409. The van der Waals surface area contributed by atoms with Gasteiger partial charge in [0, 0.05) is 0 Å². The molecule has 0 saturated carbocycles. The minimum absolute atomic E-state index is 0.00525. The van der Waals surface area contributed by atoms with E-state index >= 15 is 0 Å². The predicted molar refractivity (Wildman–Crippen MR) is 105 cm³/mol. The first-order chi connectivity index (χ1) is 14.3. The molecule has 162 valence electrons. The predicted octanol–water partition coefficient (Wildman–Crippen LogP) is 2.17. The first-order valence-electron chi connectivity index (χ1n) is 9.88. The van der Waals surface area contributed by atoms with Crippen LogP contribution in [0.1, 0.15) is 22.7 Å². The van der Waals surface area contributed by atoms with E-state index in [9.17, 15) is 18.0 Å². The molecular weight excluding hydrogens is 397 g/mol. The number of hydrogen-bond donors (Lipinski definition) is 2. The van der Waals surface area contributed by atoms with Gasteiger partial charge in [0.25, 0.3) is 5.91 Å². The van der Waals surface area contributed by atoms with Crippen molar-refractivity contribution in [2.24, 2.45) is 0 Å². The number of alkyl halides is 3. The van der Waals surface area contributed by atoms with Crippen LogP contribution in [0.2, 0.25) is 0 Å². The van der Waals surface area contributed by atoms with Gasteiger partial charge in [0.05, 0.1) is 18.8 Å². The van der Waals surface area contributed by atoms with E-state index in [0.717, 1.165) is 36.3 Å². The van der Waals surface area contributed by atoms with Gasteiger partial charge in [0.1, 0.15) is 31.4 Å². The largest absolute Gasteiger partial charge is 0.484 e. The SMILES string of the molecule is Cc1ccc([C@@H](C[NH+]2CCOCC2)NC(=O)COc2cccc(C(F)(F)F)c2)cc1. The van der Waals surface area contributed by atoms with Crippen LogP contribution in [0.25, 0.3) is 0 Å². The molecule has 2 N–H and O–H groups in total. The van der Waals surface area contributed by atoms with Crippen molar-refractivity contribution in [1.29, 1.82) is 0 Å². The monoisotopic (exact) mass is 423 g/mol. The Balaban J connectivity index is 1.63. The lowest BCUT2D eigenvalue weighted by Crippen LogP contribution is -3.14. The average Bonchev–Trinajstić information content (AvgIpc) is 2.73. The average molecular weight is 423 g/mol. The maximum absolute atomic E-state index is 12.8. The van der Waals surface area contributed by atoms with Crippen LogP contribution in [0.15, 0.2) is 48.5 Å². The zero-order valence-corrected chi connectivity index (χ0v) is 16.8. The molecule has 5 nitrogen and oxygen atoms in total. The second kappa shape index (κ2) is 9.95. The Hall–Kier alpha value is -2.58. The zero-order chi connectivity index (χ0) is 21.6. The number of aryl methyl sites for hydroxylation is 1. The van der Waals surface area contributed by atoms with E-state index in [-0.39, 0.29) is 24.3 Å². The molecule has 0 aromatic heterocycles. The number of morpholine rings is 1. The first kappa shape index (κ1) is 22.1. The number of halogens is 3. The molecular formula is C22H26F3N2O3+. The third kappa shape index (κ3) is 6.47. The lowest BCUT2D eigenvalue weighted by atomic mass is 10.0. The van der Waals surface area contributed by atoms with Gasteiger partial charge in [-0.05, 0) is 30.7 Å². The van der Waals surface area contributed by atoms with Crippen LogP contribution in [0.3, 0.4) is 0 Å². The Labute approximate surface area is 173 Å². The van der Waals surface area contributed by atoms with Crippen molar-refractivity contribution in [3.63, 3.8) is 0 Å². The van der Waals surface area contributed by atoms with Crippen LogP contribution in [-0.4, -0.2) is 45.4 Å². The lowest BCUT2D eigenvalue weighted by molar-refractivity contribution is -0.909. The van der Waals surface area contributed by atoms with Crippen LogP contribution in [0.5, 0.6) is 5.75 Å². The maximum Gasteiger partial charge on any atom is 0.416 e. The van der Waals surface area contributed by atoms with Crippen molar-refractivity contribution in [3.8, 4) is 5.75 Å². The molecule has 0 radical (unpaired) electrons. The molecule has 0 aliphatic carbocycles. The summed E-state index contributed by atoms with van der Waals surface area (Å²) in [6.45, 7) is 5.42. The highest BCUT2D eigenvalue weighted by Crippen LogP contribution is 2.31. The minimum atomic E-state index is -4.46. The van der Waals surface area contributed by atoms with Crippen molar-refractivity contribution < 1.29 is 32.3 Å². The number of hydrogen-bond acceptors (Lipinski definition) is 3. The number of quaternary nitrogens is 1. The number of rotatable bonds is 7. The van der Waals surface area contributed by atoms with Gasteiger partial charge in [-0.3, -0.25) is 4.79 Å². The molecule has 0 spiro atoms. The van der Waals surface area contributed by atoms with Crippen LogP contribution in [-0.2, 0) is 15.7 Å². The molecule has 8 heteroatoms. The van der Waals surface area contributed by atoms with Crippen LogP contribution in [0.4, 0.5) is 13.2 Å². The number of nitrogens with one attached hydrogen (secondary N) is 2. The third-order valence-corrected chi connectivity index (χ3v) is 5.04. The first-order valence-corrected chi connectivity index (χ1v) is 9.88. The summed E-state index contributed by atoms with van der Waals surface area (Å²) in [5.41, 5.74) is 1.29. The van der Waals surface area contributed by atoms with E-state index in [1.54, 1.807) is 0 Å². The van der Waals surface area contributed by atoms with E-state index < -0.39 is 11.7 Å². The van der Waals surface area contributed by atoms with Crippen molar-refractivity contribution >= 4 is 5.91 Å². The standard InChI is InChI=1S/C22H25F3N2O3/c1-16-5-7-17(8-6-16)20(14-27-9-11-29-12-10-27)26-21(28)15-30-19-4-2-3-18(13-19)22(23,24)25/h2-8,13,20H,9-12,14-15H2,1H3,(H,26,28)/p+1/t20-/m1/s1.